The number of nitrogens with two attached hydrogens (primary N) is 2. The predicted molar refractivity (Wildman–Crippen MR) is 59.5 cm³/mol. The first-order valence-corrected chi connectivity index (χ1v) is 4.91. The minimum Gasteiger partial charge on any atom is -0.396 e. The van der Waals surface area contributed by atoms with Crippen molar-refractivity contribution in [3.05, 3.63) is 0 Å². The van der Waals surface area contributed by atoms with E-state index >= 15 is 0 Å². The van der Waals surface area contributed by atoms with E-state index in [1.807, 2.05) is 0 Å². The molecule has 1 unspecified atom stereocenters. The van der Waals surface area contributed by atoms with Gasteiger partial charge in [-0.3, -0.25) is 0 Å². The summed E-state index contributed by atoms with van der Waals surface area (Å²) in [5.74, 6) is 0.373. The molecule has 0 aliphatic rings. The molecule has 7 N–H and O–H groups in total. The van der Waals surface area contributed by atoms with Gasteiger partial charge in [0.05, 0.1) is 6.10 Å². The van der Waals surface area contributed by atoms with E-state index < -0.39 is 6.10 Å². The highest BCUT2D eigenvalue weighted by Crippen LogP contribution is 2.04. The van der Waals surface area contributed by atoms with Gasteiger partial charge in [0, 0.05) is 13.2 Å². The summed E-state index contributed by atoms with van der Waals surface area (Å²) in [6.45, 7) is 0.427. The average Bonchev–Trinajstić information content (AvgIpc) is 2.16. The highest BCUT2D eigenvalue weighted by molar-refractivity contribution is 5.36. The van der Waals surface area contributed by atoms with Crippen LogP contribution in [0.15, 0.2) is 0 Å². The number of nitrogens with one attached hydrogen (secondary N) is 1. The highest BCUT2D eigenvalue weighted by atomic mass is 16.3. The van der Waals surface area contributed by atoms with Gasteiger partial charge in [0.15, 0.2) is 0 Å². The molecule has 0 aromatic carbocycles. The number of aromatic nitrogens is 3. The van der Waals surface area contributed by atoms with Gasteiger partial charge in [0.2, 0.25) is 17.8 Å². The predicted octanol–water partition coefficient (Wildman–Crippen LogP) is -1.42. The number of rotatable bonds is 6. The van der Waals surface area contributed by atoms with Crippen LogP contribution in [-0.2, 0) is 0 Å². The standard InChI is InChI=1S/C8H16N6O2/c9-6-12-7(10)14-8(13-6)11-3-1-5(16)2-4-15/h5,15-16H,1-4H2,(H5,9,10,11,12,13,14). The average molecular weight is 228 g/mol. The first-order valence-electron chi connectivity index (χ1n) is 4.91. The molecule has 0 radical (unpaired) electrons. The van der Waals surface area contributed by atoms with E-state index in [-0.39, 0.29) is 24.5 Å². The third-order valence-corrected chi connectivity index (χ3v) is 1.89. The van der Waals surface area contributed by atoms with Gasteiger partial charge in [-0.15, -0.1) is 0 Å². The van der Waals surface area contributed by atoms with Crippen molar-refractivity contribution < 1.29 is 10.2 Å². The fourth-order valence-electron chi connectivity index (χ4n) is 1.13. The first kappa shape index (κ1) is 12.4. The number of aliphatic hydroxyl groups excluding tert-OH is 2. The van der Waals surface area contributed by atoms with Crippen molar-refractivity contribution in [1.29, 1.82) is 0 Å². The Labute approximate surface area is 92.7 Å². The van der Waals surface area contributed by atoms with Gasteiger partial charge in [0.1, 0.15) is 0 Å². The maximum absolute atomic E-state index is 9.33. The van der Waals surface area contributed by atoms with Crippen LogP contribution in [0, 0.1) is 0 Å². The summed E-state index contributed by atoms with van der Waals surface area (Å²) in [5, 5.41) is 20.8. The molecule has 0 bridgehead atoms. The van der Waals surface area contributed by atoms with Crippen molar-refractivity contribution >= 4 is 17.8 Å². The van der Waals surface area contributed by atoms with Gasteiger partial charge < -0.3 is 27.0 Å². The number of hydrogen-bond acceptors (Lipinski definition) is 8. The third-order valence-electron chi connectivity index (χ3n) is 1.89. The number of nitrogens with zero attached hydrogens (tertiary/aromatic N) is 3. The molecule has 1 heterocycles. The molecule has 0 fully saturated rings. The molecule has 16 heavy (non-hydrogen) atoms. The van der Waals surface area contributed by atoms with Gasteiger partial charge in [-0.25, -0.2) is 0 Å². The second-order valence-corrected chi connectivity index (χ2v) is 3.26. The monoisotopic (exact) mass is 228 g/mol. The van der Waals surface area contributed by atoms with E-state index in [1.54, 1.807) is 0 Å². The Kier molecular flexibility index (Phi) is 4.67. The zero-order valence-corrected chi connectivity index (χ0v) is 8.80. The van der Waals surface area contributed by atoms with Gasteiger partial charge in [-0.05, 0) is 12.8 Å². The zero-order chi connectivity index (χ0) is 12.0. The summed E-state index contributed by atoms with van der Waals surface area (Å²) < 4.78 is 0. The lowest BCUT2D eigenvalue weighted by atomic mass is 10.2. The molecule has 1 aromatic rings. The van der Waals surface area contributed by atoms with Crippen LogP contribution in [0.2, 0.25) is 0 Å². The Morgan fingerprint density at radius 1 is 1.12 bits per heavy atom. The second kappa shape index (κ2) is 6.03. The molecule has 1 atom stereocenters. The lowest BCUT2D eigenvalue weighted by molar-refractivity contribution is 0.128. The SMILES string of the molecule is Nc1nc(N)nc(NCCC(O)CCO)n1. The van der Waals surface area contributed by atoms with Gasteiger partial charge >= 0.3 is 0 Å². The Balaban J connectivity index is 2.37. The van der Waals surface area contributed by atoms with Crippen LogP contribution < -0.4 is 16.8 Å². The van der Waals surface area contributed by atoms with Crippen LogP contribution in [0.4, 0.5) is 17.8 Å². The van der Waals surface area contributed by atoms with Crippen LogP contribution in [0.25, 0.3) is 0 Å². The number of aliphatic hydroxyl groups is 2. The largest absolute Gasteiger partial charge is 0.396 e. The first-order chi connectivity index (χ1) is 7.61. The van der Waals surface area contributed by atoms with Crippen LogP contribution in [-0.4, -0.2) is 44.4 Å². The van der Waals surface area contributed by atoms with E-state index in [4.69, 9.17) is 16.6 Å². The molecule has 1 rings (SSSR count). The Bertz CT molecular complexity index is 314. The third kappa shape index (κ3) is 4.24. The van der Waals surface area contributed by atoms with Gasteiger partial charge in [-0.1, -0.05) is 0 Å². The molecule has 0 aliphatic carbocycles. The summed E-state index contributed by atoms with van der Waals surface area (Å²) in [5.41, 5.74) is 10.7. The molecule has 8 nitrogen and oxygen atoms in total. The Morgan fingerprint density at radius 3 is 2.31 bits per heavy atom. The lowest BCUT2D eigenvalue weighted by Crippen LogP contribution is -2.16. The molecule has 0 aliphatic heterocycles. The maximum Gasteiger partial charge on any atom is 0.229 e. The van der Waals surface area contributed by atoms with E-state index in [1.165, 1.54) is 0 Å². The fraction of sp³-hybridized carbons (Fsp3) is 0.625. The summed E-state index contributed by atoms with van der Waals surface area (Å²) >= 11 is 0. The molecule has 0 amide bonds. The van der Waals surface area contributed by atoms with E-state index in [0.717, 1.165) is 0 Å². The van der Waals surface area contributed by atoms with E-state index in [0.29, 0.717) is 19.4 Å². The fourth-order valence-corrected chi connectivity index (χ4v) is 1.13. The molecular formula is C8H16N6O2. The summed E-state index contributed by atoms with van der Waals surface area (Å²) in [6, 6.07) is 0. The van der Waals surface area contributed by atoms with E-state index in [2.05, 4.69) is 20.3 Å². The minimum absolute atomic E-state index is 0.0349. The molecular weight excluding hydrogens is 212 g/mol. The quantitative estimate of drug-likeness (QED) is 0.399. The molecule has 0 spiro atoms. The Morgan fingerprint density at radius 2 is 1.75 bits per heavy atom. The van der Waals surface area contributed by atoms with E-state index in [9.17, 15) is 5.11 Å². The van der Waals surface area contributed by atoms with Crippen LogP contribution in [0.3, 0.4) is 0 Å². The minimum atomic E-state index is -0.547. The van der Waals surface area contributed by atoms with Crippen molar-refractivity contribution in [1.82, 2.24) is 15.0 Å². The summed E-state index contributed by atoms with van der Waals surface area (Å²) in [7, 11) is 0. The highest BCUT2D eigenvalue weighted by Gasteiger charge is 2.04. The zero-order valence-electron chi connectivity index (χ0n) is 8.80. The topological polar surface area (TPSA) is 143 Å². The Hall–Kier alpha value is -1.67. The maximum atomic E-state index is 9.33. The van der Waals surface area contributed by atoms with Gasteiger partial charge in [-0.2, -0.15) is 15.0 Å². The van der Waals surface area contributed by atoms with Crippen molar-refractivity contribution in [2.45, 2.75) is 18.9 Å². The summed E-state index contributed by atoms with van der Waals surface area (Å²) in [6.07, 6.45) is 0.281. The van der Waals surface area contributed by atoms with Crippen molar-refractivity contribution in [3.63, 3.8) is 0 Å². The second-order valence-electron chi connectivity index (χ2n) is 3.26. The number of hydrogen-bond donors (Lipinski definition) is 5. The molecule has 1 aromatic heterocycles. The molecule has 0 saturated carbocycles. The van der Waals surface area contributed by atoms with Crippen LogP contribution in [0.1, 0.15) is 12.8 Å². The van der Waals surface area contributed by atoms with Crippen molar-refractivity contribution in [2.24, 2.45) is 0 Å². The summed E-state index contributed by atoms with van der Waals surface area (Å²) in [4.78, 5) is 11.2. The lowest BCUT2D eigenvalue weighted by Gasteiger charge is -2.09. The molecule has 8 heteroatoms. The molecule has 0 saturated heterocycles. The van der Waals surface area contributed by atoms with Crippen molar-refractivity contribution in [3.8, 4) is 0 Å². The van der Waals surface area contributed by atoms with Crippen molar-refractivity contribution in [2.75, 3.05) is 29.9 Å². The molecule has 90 valence electrons. The van der Waals surface area contributed by atoms with Gasteiger partial charge in [0.25, 0.3) is 0 Å². The van der Waals surface area contributed by atoms with Crippen LogP contribution in [0.5, 0.6) is 0 Å². The smallest absolute Gasteiger partial charge is 0.229 e. The number of nitrogen functional groups attached to an aromatic ring is 2. The number of anilines is 3. The normalized spacial score (nSPS) is 12.4. The van der Waals surface area contributed by atoms with Crippen LogP contribution >= 0.6 is 0 Å².